The lowest BCUT2D eigenvalue weighted by atomic mass is 9.96. The van der Waals surface area contributed by atoms with Gasteiger partial charge in [-0.3, -0.25) is 4.79 Å². The molecule has 1 amide bonds. The van der Waals surface area contributed by atoms with E-state index in [1.165, 1.54) is 32.1 Å². The topological polar surface area (TPSA) is 71.2 Å². The molecule has 5 heteroatoms. The second kappa shape index (κ2) is 9.64. The van der Waals surface area contributed by atoms with E-state index in [9.17, 15) is 9.59 Å². The highest BCUT2D eigenvalue weighted by Gasteiger charge is 2.19. The highest BCUT2D eigenvalue weighted by atomic mass is 16.5. The Morgan fingerprint density at radius 1 is 1.12 bits per heavy atom. The second-order valence-corrected chi connectivity index (χ2v) is 7.06. The number of rotatable bonds is 6. The first kappa shape index (κ1) is 19.5. The van der Waals surface area contributed by atoms with Gasteiger partial charge in [0.05, 0.1) is 6.61 Å². The lowest BCUT2D eigenvalue weighted by molar-refractivity contribution is -0.121. The van der Waals surface area contributed by atoms with Crippen LogP contribution in [-0.2, 0) is 16.0 Å². The summed E-state index contributed by atoms with van der Waals surface area (Å²) >= 11 is 0. The van der Waals surface area contributed by atoms with Crippen molar-refractivity contribution >= 4 is 11.9 Å². The zero-order valence-electron chi connectivity index (χ0n) is 15.9. The van der Waals surface area contributed by atoms with Gasteiger partial charge in [-0.25, -0.2) is 4.79 Å². The molecule has 1 aliphatic carbocycles. The lowest BCUT2D eigenvalue weighted by Crippen LogP contribution is -2.35. The molecule has 1 saturated carbocycles. The molecule has 1 heterocycles. The molecule has 0 unspecified atom stereocenters. The van der Waals surface area contributed by atoms with E-state index in [-0.39, 0.29) is 11.9 Å². The fourth-order valence-electron chi connectivity index (χ4n) is 3.71. The van der Waals surface area contributed by atoms with E-state index < -0.39 is 0 Å². The molecule has 0 radical (unpaired) electrons. The fraction of sp³-hybridized carbons (Fsp3) is 0.700. The largest absolute Gasteiger partial charge is 0.461 e. The Morgan fingerprint density at radius 2 is 1.76 bits per heavy atom. The minimum Gasteiger partial charge on any atom is -0.461 e. The molecule has 25 heavy (non-hydrogen) atoms. The molecular formula is C20H32N2O3. The molecule has 0 spiro atoms. The number of ether oxygens (including phenoxy) is 1. The van der Waals surface area contributed by atoms with Crippen LogP contribution in [0.1, 0.15) is 85.6 Å². The minimum atomic E-state index is -0.326. The monoisotopic (exact) mass is 348 g/mol. The van der Waals surface area contributed by atoms with Gasteiger partial charge in [0.15, 0.2) is 0 Å². The van der Waals surface area contributed by atoms with Gasteiger partial charge in [-0.15, -0.1) is 0 Å². The van der Waals surface area contributed by atoms with Crippen molar-refractivity contribution in [3.63, 3.8) is 0 Å². The molecule has 1 aliphatic rings. The first-order valence-electron chi connectivity index (χ1n) is 9.67. The molecule has 0 atom stereocenters. The number of amides is 1. The zero-order chi connectivity index (χ0) is 18.2. The molecule has 0 aliphatic heterocycles. The van der Waals surface area contributed by atoms with E-state index in [0.29, 0.717) is 31.2 Å². The number of hydrogen-bond acceptors (Lipinski definition) is 3. The van der Waals surface area contributed by atoms with E-state index in [4.69, 9.17) is 4.74 Å². The van der Waals surface area contributed by atoms with E-state index in [1.807, 2.05) is 13.8 Å². The van der Waals surface area contributed by atoms with Crippen molar-refractivity contribution in [3.05, 3.63) is 22.5 Å². The van der Waals surface area contributed by atoms with Crippen molar-refractivity contribution in [1.29, 1.82) is 0 Å². The molecule has 0 aromatic carbocycles. The maximum absolute atomic E-state index is 12.3. The minimum absolute atomic E-state index is 0.114. The summed E-state index contributed by atoms with van der Waals surface area (Å²) in [6.07, 6.45) is 9.62. The number of aromatic amines is 1. The predicted molar refractivity (Wildman–Crippen MR) is 98.8 cm³/mol. The highest BCUT2D eigenvalue weighted by molar-refractivity contribution is 5.90. The van der Waals surface area contributed by atoms with Gasteiger partial charge in [-0.05, 0) is 51.2 Å². The van der Waals surface area contributed by atoms with Crippen molar-refractivity contribution in [2.24, 2.45) is 0 Å². The molecule has 0 bridgehead atoms. The molecule has 0 saturated heterocycles. The van der Waals surface area contributed by atoms with Crippen LogP contribution >= 0.6 is 0 Å². The molecule has 1 fully saturated rings. The average Bonchev–Trinajstić information content (AvgIpc) is 2.83. The normalized spacial score (nSPS) is 16.1. The third kappa shape index (κ3) is 5.62. The van der Waals surface area contributed by atoms with Crippen LogP contribution in [0.4, 0.5) is 0 Å². The van der Waals surface area contributed by atoms with Crippen molar-refractivity contribution in [1.82, 2.24) is 10.3 Å². The highest BCUT2D eigenvalue weighted by Crippen LogP contribution is 2.21. The van der Waals surface area contributed by atoms with Gasteiger partial charge in [0.2, 0.25) is 5.91 Å². The first-order chi connectivity index (χ1) is 12.0. The Kier molecular flexibility index (Phi) is 7.53. The maximum Gasteiger partial charge on any atom is 0.355 e. The van der Waals surface area contributed by atoms with Crippen LogP contribution in [0.25, 0.3) is 0 Å². The number of aryl methyl sites for hydroxylation is 1. The Balaban J connectivity index is 1.89. The number of hydrogen-bond donors (Lipinski definition) is 2. The fourth-order valence-corrected chi connectivity index (χ4v) is 3.71. The van der Waals surface area contributed by atoms with Gasteiger partial charge in [-0.1, -0.05) is 32.1 Å². The molecule has 140 valence electrons. The molecule has 1 aromatic rings. The average molecular weight is 348 g/mol. The van der Waals surface area contributed by atoms with Crippen molar-refractivity contribution in [3.8, 4) is 0 Å². The summed E-state index contributed by atoms with van der Waals surface area (Å²) in [6.45, 7) is 6.01. The van der Waals surface area contributed by atoms with E-state index in [2.05, 4.69) is 10.3 Å². The van der Waals surface area contributed by atoms with Gasteiger partial charge < -0.3 is 15.0 Å². The van der Waals surface area contributed by atoms with Crippen LogP contribution in [-0.4, -0.2) is 29.5 Å². The van der Waals surface area contributed by atoms with Gasteiger partial charge in [0.1, 0.15) is 5.69 Å². The number of esters is 1. The van der Waals surface area contributed by atoms with Gasteiger partial charge in [0, 0.05) is 18.2 Å². The van der Waals surface area contributed by atoms with E-state index >= 15 is 0 Å². The quantitative estimate of drug-likeness (QED) is 0.764. The first-order valence-corrected chi connectivity index (χ1v) is 9.67. The lowest BCUT2D eigenvalue weighted by Gasteiger charge is -2.21. The summed E-state index contributed by atoms with van der Waals surface area (Å²) in [5, 5.41) is 3.20. The number of carbonyl (C=O) groups is 2. The molecule has 1 aromatic heterocycles. The molecule has 2 N–H and O–H groups in total. The summed E-state index contributed by atoms with van der Waals surface area (Å²) < 4.78 is 5.08. The number of carbonyl (C=O) groups excluding carboxylic acids is 2. The van der Waals surface area contributed by atoms with Gasteiger partial charge in [-0.2, -0.15) is 0 Å². The Bertz CT molecular complexity index is 584. The summed E-state index contributed by atoms with van der Waals surface area (Å²) in [5.74, 6) is -0.211. The third-order valence-corrected chi connectivity index (χ3v) is 5.14. The smallest absolute Gasteiger partial charge is 0.355 e. The SMILES string of the molecule is CCOC(=O)c1[nH]c(C)c(CCC(=O)NC2CCCCCCC2)c1C. The summed E-state index contributed by atoms with van der Waals surface area (Å²) in [6, 6.07) is 0.330. The number of nitrogens with one attached hydrogen (secondary N) is 2. The standard InChI is InChI=1S/C20H32N2O3/c1-4-25-20(24)19-14(2)17(15(3)21-19)12-13-18(23)22-16-10-8-6-5-7-9-11-16/h16,21H,4-13H2,1-3H3,(H,22,23). The van der Waals surface area contributed by atoms with Crippen LogP contribution < -0.4 is 5.32 Å². The van der Waals surface area contributed by atoms with Crippen LogP contribution in [0.15, 0.2) is 0 Å². The second-order valence-electron chi connectivity index (χ2n) is 7.06. The Morgan fingerprint density at radius 3 is 2.40 bits per heavy atom. The predicted octanol–water partition coefficient (Wildman–Crippen LogP) is 3.97. The zero-order valence-corrected chi connectivity index (χ0v) is 15.9. The summed E-state index contributed by atoms with van der Waals surface area (Å²) in [5.41, 5.74) is 3.40. The van der Waals surface area contributed by atoms with E-state index in [1.54, 1.807) is 6.92 Å². The van der Waals surface area contributed by atoms with Crippen LogP contribution in [0.2, 0.25) is 0 Å². The number of H-pyrrole nitrogens is 1. The maximum atomic E-state index is 12.3. The number of aromatic nitrogens is 1. The van der Waals surface area contributed by atoms with Crippen LogP contribution in [0.5, 0.6) is 0 Å². The Hall–Kier alpha value is -1.78. The van der Waals surface area contributed by atoms with Gasteiger partial charge in [0.25, 0.3) is 0 Å². The molecule has 2 rings (SSSR count). The van der Waals surface area contributed by atoms with Crippen molar-refractivity contribution in [2.75, 3.05) is 6.61 Å². The molecule has 5 nitrogen and oxygen atoms in total. The third-order valence-electron chi connectivity index (χ3n) is 5.14. The van der Waals surface area contributed by atoms with Crippen LogP contribution in [0.3, 0.4) is 0 Å². The Labute approximate surface area is 150 Å². The van der Waals surface area contributed by atoms with Gasteiger partial charge >= 0.3 is 5.97 Å². The molecular weight excluding hydrogens is 316 g/mol. The van der Waals surface area contributed by atoms with Crippen LogP contribution in [0, 0.1) is 13.8 Å². The van der Waals surface area contributed by atoms with Crippen molar-refractivity contribution < 1.29 is 14.3 Å². The summed E-state index contributed by atoms with van der Waals surface area (Å²) in [4.78, 5) is 27.4. The van der Waals surface area contributed by atoms with E-state index in [0.717, 1.165) is 29.7 Å². The summed E-state index contributed by atoms with van der Waals surface area (Å²) in [7, 11) is 0. The van der Waals surface area contributed by atoms with Crippen molar-refractivity contribution in [2.45, 2.75) is 84.6 Å².